The van der Waals surface area contributed by atoms with Crippen molar-refractivity contribution >= 4 is 8.32 Å². The summed E-state index contributed by atoms with van der Waals surface area (Å²) in [5, 5.41) is 25.4. The van der Waals surface area contributed by atoms with Crippen molar-refractivity contribution in [3.05, 3.63) is 11.9 Å². The SMILES string of the molecule is C[Si](C)(C)OC(C#N)c1cn(CCO)nn1. The Morgan fingerprint density at radius 1 is 1.62 bits per heavy atom. The average Bonchev–Trinajstić information content (AvgIpc) is 2.62. The number of nitrogens with zero attached hydrogens (tertiary/aromatic N) is 4. The average molecular weight is 240 g/mol. The van der Waals surface area contributed by atoms with Crippen molar-refractivity contribution in [2.75, 3.05) is 6.61 Å². The van der Waals surface area contributed by atoms with Crippen LogP contribution in [-0.2, 0) is 11.0 Å². The summed E-state index contributed by atoms with van der Waals surface area (Å²) in [6.07, 6.45) is 0.962. The van der Waals surface area contributed by atoms with Crippen molar-refractivity contribution in [1.82, 2.24) is 15.0 Å². The summed E-state index contributed by atoms with van der Waals surface area (Å²) in [6.45, 7) is 6.40. The largest absolute Gasteiger partial charge is 0.398 e. The Morgan fingerprint density at radius 2 is 2.31 bits per heavy atom. The number of rotatable bonds is 5. The Balaban J connectivity index is 2.76. The van der Waals surface area contributed by atoms with E-state index in [0.717, 1.165) is 0 Å². The van der Waals surface area contributed by atoms with Crippen LogP contribution < -0.4 is 0 Å². The van der Waals surface area contributed by atoms with Gasteiger partial charge in [-0.3, -0.25) is 0 Å². The number of aliphatic hydroxyl groups is 1. The Kier molecular flexibility index (Phi) is 4.17. The first kappa shape index (κ1) is 12.8. The van der Waals surface area contributed by atoms with E-state index in [1.807, 2.05) is 19.6 Å². The van der Waals surface area contributed by atoms with Crippen LogP contribution in [0.5, 0.6) is 0 Å². The minimum absolute atomic E-state index is 0.00506. The number of hydrogen-bond donors (Lipinski definition) is 1. The number of aliphatic hydroxyl groups excluding tert-OH is 1. The van der Waals surface area contributed by atoms with Crippen molar-refractivity contribution in [3.63, 3.8) is 0 Å². The molecule has 1 aromatic heterocycles. The van der Waals surface area contributed by atoms with E-state index in [9.17, 15) is 0 Å². The molecule has 0 radical (unpaired) electrons. The summed E-state index contributed by atoms with van der Waals surface area (Å²) in [7, 11) is -1.78. The summed E-state index contributed by atoms with van der Waals surface area (Å²) < 4.78 is 7.16. The van der Waals surface area contributed by atoms with Gasteiger partial charge in [0, 0.05) is 0 Å². The third-order valence-corrected chi connectivity index (χ3v) is 2.69. The third-order valence-electron chi connectivity index (χ3n) is 1.74. The lowest BCUT2D eigenvalue weighted by Crippen LogP contribution is -2.27. The van der Waals surface area contributed by atoms with E-state index in [1.165, 1.54) is 4.68 Å². The molecule has 1 heterocycles. The second kappa shape index (κ2) is 5.20. The fraction of sp³-hybridized carbons (Fsp3) is 0.667. The van der Waals surface area contributed by atoms with Crippen molar-refractivity contribution in [1.29, 1.82) is 5.26 Å². The van der Waals surface area contributed by atoms with E-state index in [1.54, 1.807) is 6.20 Å². The molecule has 0 fully saturated rings. The molecule has 0 saturated carbocycles. The zero-order chi connectivity index (χ0) is 12.2. The second-order valence-corrected chi connectivity index (χ2v) is 8.83. The van der Waals surface area contributed by atoms with Crippen LogP contribution in [0.3, 0.4) is 0 Å². The Hall–Kier alpha value is -1.23. The lowest BCUT2D eigenvalue weighted by atomic mass is 10.3. The molecular weight excluding hydrogens is 224 g/mol. The maximum Gasteiger partial charge on any atom is 0.186 e. The summed E-state index contributed by atoms with van der Waals surface area (Å²) >= 11 is 0. The van der Waals surface area contributed by atoms with E-state index in [4.69, 9.17) is 14.8 Å². The molecule has 7 heteroatoms. The van der Waals surface area contributed by atoms with Gasteiger partial charge in [-0.2, -0.15) is 5.26 Å². The topological polar surface area (TPSA) is 84.0 Å². The monoisotopic (exact) mass is 240 g/mol. The summed E-state index contributed by atoms with van der Waals surface area (Å²) in [5.41, 5.74) is 0.498. The summed E-state index contributed by atoms with van der Waals surface area (Å²) in [4.78, 5) is 0. The molecule has 0 bridgehead atoms. The van der Waals surface area contributed by atoms with Gasteiger partial charge in [-0.25, -0.2) is 4.68 Å². The van der Waals surface area contributed by atoms with Crippen LogP contribution in [-0.4, -0.2) is 35.0 Å². The van der Waals surface area contributed by atoms with Gasteiger partial charge in [0.25, 0.3) is 0 Å². The van der Waals surface area contributed by atoms with Crippen LogP contribution in [0.4, 0.5) is 0 Å². The molecule has 1 unspecified atom stereocenters. The molecule has 1 N–H and O–H groups in total. The lowest BCUT2D eigenvalue weighted by Gasteiger charge is -2.19. The molecular formula is C9H16N4O2Si. The zero-order valence-electron chi connectivity index (χ0n) is 9.71. The second-order valence-electron chi connectivity index (χ2n) is 4.37. The van der Waals surface area contributed by atoms with Gasteiger partial charge < -0.3 is 9.53 Å². The van der Waals surface area contributed by atoms with Crippen LogP contribution in [0.2, 0.25) is 19.6 Å². The van der Waals surface area contributed by atoms with Crippen LogP contribution in [0.15, 0.2) is 6.20 Å². The first-order chi connectivity index (χ1) is 7.46. The summed E-state index contributed by atoms with van der Waals surface area (Å²) in [6, 6.07) is 2.06. The Bertz CT molecular complexity index is 380. The smallest absolute Gasteiger partial charge is 0.186 e. The van der Waals surface area contributed by atoms with E-state index >= 15 is 0 Å². The molecule has 1 aromatic rings. The fourth-order valence-corrected chi connectivity index (χ4v) is 2.03. The zero-order valence-corrected chi connectivity index (χ0v) is 10.7. The minimum atomic E-state index is -1.78. The predicted octanol–water partition coefficient (Wildman–Crippen LogP) is 0.687. The highest BCUT2D eigenvalue weighted by Gasteiger charge is 2.24. The number of aromatic nitrogens is 3. The molecule has 0 aromatic carbocycles. The lowest BCUT2D eigenvalue weighted by molar-refractivity contribution is 0.249. The highest BCUT2D eigenvalue weighted by atomic mass is 28.4. The maximum absolute atomic E-state index is 9.00. The van der Waals surface area contributed by atoms with Gasteiger partial charge in [0.2, 0.25) is 0 Å². The van der Waals surface area contributed by atoms with E-state index in [2.05, 4.69) is 16.4 Å². The van der Waals surface area contributed by atoms with Gasteiger partial charge in [-0.15, -0.1) is 5.10 Å². The summed E-state index contributed by atoms with van der Waals surface area (Å²) in [5.74, 6) is 0. The molecule has 0 aliphatic carbocycles. The molecule has 6 nitrogen and oxygen atoms in total. The fourth-order valence-electron chi connectivity index (χ4n) is 1.15. The van der Waals surface area contributed by atoms with Gasteiger partial charge in [-0.05, 0) is 19.6 Å². The van der Waals surface area contributed by atoms with Crippen molar-refractivity contribution in [3.8, 4) is 6.07 Å². The van der Waals surface area contributed by atoms with Gasteiger partial charge in [0.05, 0.1) is 19.3 Å². The van der Waals surface area contributed by atoms with Crippen LogP contribution in [0, 0.1) is 11.3 Å². The molecule has 88 valence electrons. The molecule has 0 saturated heterocycles. The van der Waals surface area contributed by atoms with Crippen molar-refractivity contribution < 1.29 is 9.53 Å². The molecule has 1 rings (SSSR count). The van der Waals surface area contributed by atoms with Gasteiger partial charge in [0.15, 0.2) is 14.4 Å². The van der Waals surface area contributed by atoms with E-state index in [-0.39, 0.29) is 6.61 Å². The molecule has 16 heavy (non-hydrogen) atoms. The highest BCUT2D eigenvalue weighted by Crippen LogP contribution is 2.19. The first-order valence-corrected chi connectivity index (χ1v) is 8.45. The maximum atomic E-state index is 9.00. The van der Waals surface area contributed by atoms with Crippen molar-refractivity contribution in [2.24, 2.45) is 0 Å². The molecule has 0 amide bonds. The van der Waals surface area contributed by atoms with Crippen LogP contribution in [0.25, 0.3) is 0 Å². The van der Waals surface area contributed by atoms with Crippen molar-refractivity contribution in [2.45, 2.75) is 32.3 Å². The molecule has 1 atom stereocenters. The minimum Gasteiger partial charge on any atom is -0.398 e. The molecule has 0 aliphatic heterocycles. The number of hydrogen-bond acceptors (Lipinski definition) is 5. The molecule has 0 aliphatic rings. The van der Waals surface area contributed by atoms with Gasteiger partial charge >= 0.3 is 0 Å². The first-order valence-electron chi connectivity index (χ1n) is 5.04. The quantitative estimate of drug-likeness (QED) is 0.765. The third kappa shape index (κ3) is 3.73. The highest BCUT2D eigenvalue weighted by molar-refractivity contribution is 6.69. The van der Waals surface area contributed by atoms with Crippen LogP contribution in [0.1, 0.15) is 11.8 Å². The standard InChI is InChI=1S/C9H16N4O2Si/c1-16(2,3)15-9(6-10)8-7-13(4-5-14)12-11-8/h7,9,14H,4-5H2,1-3H3. The van der Waals surface area contributed by atoms with Gasteiger partial charge in [-0.1, -0.05) is 5.21 Å². The van der Waals surface area contributed by atoms with Gasteiger partial charge in [0.1, 0.15) is 11.8 Å². The number of nitriles is 1. The van der Waals surface area contributed by atoms with E-state index < -0.39 is 14.4 Å². The Labute approximate surface area is 95.6 Å². The predicted molar refractivity (Wildman–Crippen MR) is 59.9 cm³/mol. The Morgan fingerprint density at radius 3 is 2.81 bits per heavy atom. The molecule has 0 spiro atoms. The van der Waals surface area contributed by atoms with E-state index in [0.29, 0.717) is 12.2 Å². The normalized spacial score (nSPS) is 13.4. The van der Waals surface area contributed by atoms with Crippen LogP contribution >= 0.6 is 0 Å².